The van der Waals surface area contributed by atoms with Gasteiger partial charge in [0.05, 0.1) is 5.56 Å². The Kier molecular flexibility index (Phi) is 8.24. The molecule has 1 aromatic heterocycles. The van der Waals surface area contributed by atoms with Gasteiger partial charge in [0.2, 0.25) is 11.9 Å². The number of unbranched alkanes of at least 4 members (excludes halogenated alkanes) is 5. The van der Waals surface area contributed by atoms with Crippen molar-refractivity contribution in [1.29, 1.82) is 0 Å². The molecular weight excluding hydrogens is 348 g/mol. The molecule has 0 spiro atoms. The van der Waals surface area contributed by atoms with E-state index in [1.54, 1.807) is 12.1 Å². The van der Waals surface area contributed by atoms with Gasteiger partial charge in [0.15, 0.2) is 0 Å². The lowest BCUT2D eigenvalue weighted by Gasteiger charge is -2.08. The number of benzene rings is 1. The van der Waals surface area contributed by atoms with Crippen LogP contribution in [0.15, 0.2) is 24.3 Å². The van der Waals surface area contributed by atoms with Crippen LogP contribution in [-0.2, 0) is 0 Å². The van der Waals surface area contributed by atoms with Crippen molar-refractivity contribution >= 4 is 23.6 Å². The molecule has 0 amide bonds. The van der Waals surface area contributed by atoms with Crippen LogP contribution >= 0.6 is 0 Å². The highest BCUT2D eigenvalue weighted by molar-refractivity contribution is 5.88. The lowest BCUT2D eigenvalue weighted by Crippen LogP contribution is -2.08. The van der Waals surface area contributed by atoms with Gasteiger partial charge in [-0.15, -0.1) is 0 Å². The summed E-state index contributed by atoms with van der Waals surface area (Å²) in [6.07, 6.45) is 6.71. The van der Waals surface area contributed by atoms with Crippen LogP contribution in [0.5, 0.6) is 6.01 Å². The van der Waals surface area contributed by atoms with Crippen molar-refractivity contribution in [3.8, 4) is 6.01 Å². The first-order valence-electron chi connectivity index (χ1n) is 9.08. The molecule has 0 aliphatic heterocycles. The Morgan fingerprint density at radius 3 is 2.22 bits per heavy atom. The van der Waals surface area contributed by atoms with E-state index in [0.29, 0.717) is 12.2 Å². The van der Waals surface area contributed by atoms with Gasteiger partial charge in [0.25, 0.3) is 0 Å². The molecule has 0 aliphatic rings. The smallest absolute Gasteiger partial charge is 0.335 e. The monoisotopic (exact) mass is 374 g/mol. The van der Waals surface area contributed by atoms with Crippen molar-refractivity contribution in [2.45, 2.75) is 38.5 Å². The number of aromatic carboxylic acids is 1. The highest BCUT2D eigenvalue weighted by atomic mass is 16.4. The number of rotatable bonds is 12. The molecule has 0 fully saturated rings. The van der Waals surface area contributed by atoms with E-state index < -0.39 is 5.97 Å². The number of carboxylic acid groups (broad SMARTS) is 1. The van der Waals surface area contributed by atoms with Gasteiger partial charge < -0.3 is 26.6 Å². The Balaban J connectivity index is 1.82. The summed E-state index contributed by atoms with van der Waals surface area (Å²) in [6, 6.07) is 5.75. The quantitative estimate of drug-likeness (QED) is 0.354. The maximum absolute atomic E-state index is 10.9. The van der Waals surface area contributed by atoms with Crippen LogP contribution in [0.3, 0.4) is 0 Å². The molecule has 0 bridgehead atoms. The molecule has 9 nitrogen and oxygen atoms in total. The van der Waals surface area contributed by atoms with E-state index in [1.807, 2.05) is 0 Å². The van der Waals surface area contributed by atoms with Crippen LogP contribution < -0.4 is 16.4 Å². The van der Waals surface area contributed by atoms with Gasteiger partial charge in [-0.2, -0.15) is 15.0 Å². The van der Waals surface area contributed by atoms with Crippen LogP contribution in [0.1, 0.15) is 48.9 Å². The third kappa shape index (κ3) is 7.45. The van der Waals surface area contributed by atoms with Crippen LogP contribution in [0.4, 0.5) is 17.6 Å². The summed E-state index contributed by atoms with van der Waals surface area (Å²) in [7, 11) is 0. The maximum Gasteiger partial charge on any atom is 0.335 e. The Hall–Kier alpha value is -2.94. The van der Waals surface area contributed by atoms with E-state index in [4.69, 9.17) is 10.8 Å². The third-order valence-electron chi connectivity index (χ3n) is 3.93. The molecule has 0 radical (unpaired) electrons. The fourth-order valence-electron chi connectivity index (χ4n) is 2.50. The van der Waals surface area contributed by atoms with Gasteiger partial charge in [-0.3, -0.25) is 0 Å². The van der Waals surface area contributed by atoms with E-state index in [1.165, 1.54) is 31.4 Å². The van der Waals surface area contributed by atoms with E-state index in [2.05, 4.69) is 25.6 Å². The molecule has 6 N–H and O–H groups in total. The standard InChI is InChI=1S/C18H26N6O3/c19-11-5-3-1-2-4-6-12-20-16-22-17(24-18(27)23-16)21-14-9-7-13(8-10-14)15(25)26/h7-10H,1-6,11-12,19H2,(H,25,26)(H3,20,21,22,23,24,27). The van der Waals surface area contributed by atoms with E-state index in [0.717, 1.165) is 25.8 Å². The molecule has 0 saturated heterocycles. The number of anilines is 3. The Morgan fingerprint density at radius 1 is 0.926 bits per heavy atom. The maximum atomic E-state index is 10.9. The number of nitrogens with zero attached hydrogens (tertiary/aromatic N) is 3. The van der Waals surface area contributed by atoms with Gasteiger partial charge in [-0.25, -0.2) is 4.79 Å². The average molecular weight is 374 g/mol. The molecular formula is C18H26N6O3. The summed E-state index contributed by atoms with van der Waals surface area (Å²) in [6.45, 7) is 1.46. The number of carboxylic acids is 1. The fourth-order valence-corrected chi connectivity index (χ4v) is 2.50. The molecule has 0 aliphatic carbocycles. The van der Waals surface area contributed by atoms with Gasteiger partial charge >= 0.3 is 12.0 Å². The van der Waals surface area contributed by atoms with Crippen molar-refractivity contribution in [2.75, 3.05) is 23.7 Å². The Labute approximate surface area is 158 Å². The summed E-state index contributed by atoms with van der Waals surface area (Å²) >= 11 is 0. The number of hydrogen-bond acceptors (Lipinski definition) is 8. The first-order valence-corrected chi connectivity index (χ1v) is 9.08. The summed E-state index contributed by atoms with van der Waals surface area (Å²) in [5, 5.41) is 24.6. The highest BCUT2D eigenvalue weighted by Gasteiger charge is 2.07. The summed E-state index contributed by atoms with van der Waals surface area (Å²) in [5.41, 5.74) is 6.26. The summed E-state index contributed by atoms with van der Waals surface area (Å²) < 4.78 is 0. The summed E-state index contributed by atoms with van der Waals surface area (Å²) in [4.78, 5) is 22.8. The van der Waals surface area contributed by atoms with Crippen LogP contribution in [0, 0.1) is 0 Å². The lowest BCUT2D eigenvalue weighted by atomic mass is 10.1. The molecule has 2 aromatic rings. The normalized spacial score (nSPS) is 10.6. The zero-order valence-corrected chi connectivity index (χ0v) is 15.2. The third-order valence-corrected chi connectivity index (χ3v) is 3.93. The van der Waals surface area contributed by atoms with Crippen molar-refractivity contribution in [3.05, 3.63) is 29.8 Å². The Morgan fingerprint density at radius 2 is 1.56 bits per heavy atom. The van der Waals surface area contributed by atoms with Crippen LogP contribution in [-0.4, -0.2) is 44.2 Å². The second kappa shape index (κ2) is 10.9. The van der Waals surface area contributed by atoms with Gasteiger partial charge in [0.1, 0.15) is 0 Å². The van der Waals surface area contributed by atoms with Gasteiger partial charge in [0, 0.05) is 12.2 Å². The largest absolute Gasteiger partial charge is 0.479 e. The number of aromatic hydroxyl groups is 1. The molecule has 1 heterocycles. The molecule has 0 atom stereocenters. The molecule has 27 heavy (non-hydrogen) atoms. The molecule has 0 unspecified atom stereocenters. The summed E-state index contributed by atoms with van der Waals surface area (Å²) in [5.74, 6) is -0.532. The molecule has 146 valence electrons. The van der Waals surface area contributed by atoms with Crippen molar-refractivity contribution in [2.24, 2.45) is 5.73 Å². The van der Waals surface area contributed by atoms with Crippen LogP contribution in [0.2, 0.25) is 0 Å². The average Bonchev–Trinajstić information content (AvgIpc) is 2.64. The Bertz CT molecular complexity index is 724. The van der Waals surface area contributed by atoms with Gasteiger partial charge in [-0.1, -0.05) is 25.7 Å². The topological polar surface area (TPSA) is 146 Å². The first kappa shape index (κ1) is 20.4. The molecule has 1 aromatic carbocycles. The molecule has 0 saturated carbocycles. The minimum absolute atomic E-state index is 0.176. The van der Waals surface area contributed by atoms with E-state index in [9.17, 15) is 9.90 Å². The first-order chi connectivity index (χ1) is 13.1. The predicted molar refractivity (Wildman–Crippen MR) is 103 cm³/mol. The van der Waals surface area contributed by atoms with E-state index in [-0.39, 0.29) is 23.5 Å². The molecule has 2 rings (SSSR count). The highest BCUT2D eigenvalue weighted by Crippen LogP contribution is 2.17. The zero-order valence-electron chi connectivity index (χ0n) is 15.2. The SMILES string of the molecule is NCCCCCCCCNc1nc(O)nc(Nc2ccc(C(=O)O)cc2)n1. The van der Waals surface area contributed by atoms with Crippen molar-refractivity contribution in [3.63, 3.8) is 0 Å². The van der Waals surface area contributed by atoms with Gasteiger partial charge in [-0.05, 0) is 43.7 Å². The fraction of sp³-hybridized carbons (Fsp3) is 0.444. The molecule has 9 heteroatoms. The predicted octanol–water partition coefficient (Wildman–Crippen LogP) is 2.73. The minimum atomic E-state index is -0.995. The second-order valence-electron chi connectivity index (χ2n) is 6.13. The number of aromatic nitrogens is 3. The van der Waals surface area contributed by atoms with E-state index >= 15 is 0 Å². The second-order valence-corrected chi connectivity index (χ2v) is 6.13. The lowest BCUT2D eigenvalue weighted by molar-refractivity contribution is 0.0697. The van der Waals surface area contributed by atoms with Crippen LogP contribution in [0.25, 0.3) is 0 Å². The minimum Gasteiger partial charge on any atom is -0.479 e. The van der Waals surface area contributed by atoms with Crippen molar-refractivity contribution < 1.29 is 15.0 Å². The number of hydrogen-bond donors (Lipinski definition) is 5. The van der Waals surface area contributed by atoms with Crippen molar-refractivity contribution in [1.82, 2.24) is 15.0 Å². The number of nitrogens with one attached hydrogen (secondary N) is 2. The number of carbonyl (C=O) groups is 1. The number of nitrogens with two attached hydrogens (primary N) is 1. The zero-order chi connectivity index (χ0) is 19.5.